The average molecular weight is 314 g/mol. The van der Waals surface area contributed by atoms with E-state index in [1.807, 2.05) is 29.2 Å². The van der Waals surface area contributed by atoms with Crippen LogP contribution < -0.4 is 5.32 Å². The summed E-state index contributed by atoms with van der Waals surface area (Å²) in [6, 6.07) is 8.33. The fraction of sp³-hybridized carbons (Fsp3) is 0.500. The lowest BCUT2D eigenvalue weighted by atomic mass is 9.97. The number of anilines is 1. The average Bonchev–Trinajstić information content (AvgIpc) is 3.08. The van der Waals surface area contributed by atoms with E-state index < -0.39 is 0 Å². The Labute approximate surface area is 135 Å². The molecule has 1 aliphatic rings. The van der Waals surface area contributed by atoms with Crippen LogP contribution in [-0.4, -0.2) is 49.6 Å². The van der Waals surface area contributed by atoms with Crippen LogP contribution in [0.25, 0.3) is 5.69 Å². The van der Waals surface area contributed by atoms with Crippen molar-refractivity contribution in [3.05, 3.63) is 30.6 Å². The maximum Gasteiger partial charge on any atom is 0.242 e. The fourth-order valence-electron chi connectivity index (χ4n) is 3.19. The summed E-state index contributed by atoms with van der Waals surface area (Å²) in [5.74, 6) is 0.161. The molecule has 1 fully saturated rings. The number of carbonyl (C=O) groups is 1. The lowest BCUT2D eigenvalue weighted by Gasteiger charge is -2.39. The van der Waals surface area contributed by atoms with Crippen molar-refractivity contribution in [1.82, 2.24) is 25.1 Å². The van der Waals surface area contributed by atoms with Crippen molar-refractivity contribution in [2.75, 3.05) is 11.9 Å². The summed E-state index contributed by atoms with van der Waals surface area (Å²) in [4.78, 5) is 14.5. The zero-order chi connectivity index (χ0) is 16.2. The van der Waals surface area contributed by atoms with Crippen molar-refractivity contribution in [2.45, 2.75) is 45.2 Å². The number of nitrogens with one attached hydrogen (secondary N) is 1. The molecular formula is C16H22N6O. The molecule has 122 valence electrons. The van der Waals surface area contributed by atoms with Gasteiger partial charge in [-0.05, 0) is 67.8 Å². The van der Waals surface area contributed by atoms with Crippen molar-refractivity contribution < 1.29 is 4.79 Å². The third kappa shape index (κ3) is 3.49. The highest BCUT2D eigenvalue weighted by Gasteiger charge is 2.28. The molecule has 0 aliphatic carbocycles. The number of tetrazole rings is 1. The number of nitrogens with zero attached hydrogens (tertiary/aromatic N) is 5. The normalized spacial score (nSPS) is 21.2. The van der Waals surface area contributed by atoms with E-state index in [9.17, 15) is 4.79 Å². The van der Waals surface area contributed by atoms with E-state index in [0.29, 0.717) is 18.6 Å². The van der Waals surface area contributed by atoms with Gasteiger partial charge in [-0.15, -0.1) is 5.10 Å². The van der Waals surface area contributed by atoms with Gasteiger partial charge in [0.2, 0.25) is 5.91 Å². The molecule has 23 heavy (non-hydrogen) atoms. The van der Waals surface area contributed by atoms with Crippen LogP contribution in [0.3, 0.4) is 0 Å². The number of rotatable bonds is 4. The van der Waals surface area contributed by atoms with Gasteiger partial charge in [-0.3, -0.25) is 4.79 Å². The lowest BCUT2D eigenvalue weighted by molar-refractivity contribution is -0.135. The summed E-state index contributed by atoms with van der Waals surface area (Å²) in [5, 5.41) is 14.3. The fourth-order valence-corrected chi connectivity index (χ4v) is 3.19. The van der Waals surface area contributed by atoms with Gasteiger partial charge in [-0.1, -0.05) is 0 Å². The molecule has 0 saturated carbocycles. The predicted octanol–water partition coefficient (Wildman–Crippen LogP) is 1.86. The summed E-state index contributed by atoms with van der Waals surface area (Å²) in [6.07, 6.45) is 4.94. The third-order valence-electron chi connectivity index (χ3n) is 4.41. The smallest absolute Gasteiger partial charge is 0.242 e. The second kappa shape index (κ2) is 6.76. The molecule has 1 amide bonds. The van der Waals surface area contributed by atoms with Crippen molar-refractivity contribution >= 4 is 11.6 Å². The van der Waals surface area contributed by atoms with Gasteiger partial charge >= 0.3 is 0 Å². The quantitative estimate of drug-likeness (QED) is 0.932. The molecule has 0 spiro atoms. The van der Waals surface area contributed by atoms with Gasteiger partial charge in [0.05, 0.1) is 12.2 Å². The van der Waals surface area contributed by atoms with Crippen LogP contribution >= 0.6 is 0 Å². The van der Waals surface area contributed by atoms with E-state index in [2.05, 4.69) is 34.7 Å². The minimum atomic E-state index is 0.161. The molecule has 1 aliphatic heterocycles. The van der Waals surface area contributed by atoms with E-state index in [0.717, 1.165) is 24.2 Å². The first-order valence-corrected chi connectivity index (χ1v) is 8.03. The van der Waals surface area contributed by atoms with E-state index in [1.54, 1.807) is 11.0 Å². The Bertz CT molecular complexity index is 629. The minimum absolute atomic E-state index is 0.161. The molecule has 2 heterocycles. The molecule has 7 nitrogen and oxygen atoms in total. The standard InChI is InChI=1S/C16H22N6O/c1-12-4-3-5-13(2)22(12)16(23)10-17-14-6-8-15(9-7-14)21-11-18-19-20-21/h6-9,11-13,17H,3-5,10H2,1-2H3. The van der Waals surface area contributed by atoms with Gasteiger partial charge in [0.25, 0.3) is 0 Å². The maximum absolute atomic E-state index is 12.5. The molecule has 1 aromatic carbocycles. The Balaban J connectivity index is 1.58. The summed E-state index contributed by atoms with van der Waals surface area (Å²) < 4.78 is 1.59. The summed E-state index contributed by atoms with van der Waals surface area (Å²) >= 11 is 0. The van der Waals surface area contributed by atoms with E-state index in [1.165, 1.54) is 6.42 Å². The van der Waals surface area contributed by atoms with Crippen molar-refractivity contribution in [2.24, 2.45) is 0 Å². The highest BCUT2D eigenvalue weighted by atomic mass is 16.2. The molecule has 0 radical (unpaired) electrons. The van der Waals surface area contributed by atoms with Crippen LogP contribution in [0.2, 0.25) is 0 Å². The van der Waals surface area contributed by atoms with E-state index >= 15 is 0 Å². The number of likely N-dealkylation sites (tertiary alicyclic amines) is 1. The van der Waals surface area contributed by atoms with Crippen molar-refractivity contribution in [3.8, 4) is 5.69 Å². The zero-order valence-corrected chi connectivity index (χ0v) is 13.5. The van der Waals surface area contributed by atoms with Crippen molar-refractivity contribution in [1.29, 1.82) is 0 Å². The maximum atomic E-state index is 12.5. The molecule has 2 atom stereocenters. The van der Waals surface area contributed by atoms with Gasteiger partial charge < -0.3 is 10.2 Å². The predicted molar refractivity (Wildman–Crippen MR) is 87.3 cm³/mol. The Morgan fingerprint density at radius 3 is 2.52 bits per heavy atom. The number of piperidine rings is 1. The third-order valence-corrected chi connectivity index (χ3v) is 4.41. The minimum Gasteiger partial charge on any atom is -0.376 e. The Morgan fingerprint density at radius 2 is 1.91 bits per heavy atom. The van der Waals surface area contributed by atoms with Crippen LogP contribution in [0.5, 0.6) is 0 Å². The van der Waals surface area contributed by atoms with Crippen LogP contribution in [0.4, 0.5) is 5.69 Å². The highest BCUT2D eigenvalue weighted by Crippen LogP contribution is 2.22. The molecule has 1 N–H and O–H groups in total. The Hall–Kier alpha value is -2.44. The molecule has 1 aromatic heterocycles. The van der Waals surface area contributed by atoms with Crippen LogP contribution in [0.1, 0.15) is 33.1 Å². The van der Waals surface area contributed by atoms with Gasteiger partial charge in [0.1, 0.15) is 6.33 Å². The number of carbonyl (C=O) groups excluding carboxylic acids is 1. The molecule has 1 saturated heterocycles. The van der Waals surface area contributed by atoms with E-state index in [4.69, 9.17) is 0 Å². The van der Waals surface area contributed by atoms with Crippen LogP contribution in [-0.2, 0) is 4.79 Å². The number of hydrogen-bond acceptors (Lipinski definition) is 5. The first-order valence-electron chi connectivity index (χ1n) is 8.03. The molecule has 2 aromatic rings. The van der Waals surface area contributed by atoms with Gasteiger partial charge in [0, 0.05) is 17.8 Å². The van der Waals surface area contributed by atoms with Gasteiger partial charge in [0.15, 0.2) is 0 Å². The lowest BCUT2D eigenvalue weighted by Crippen LogP contribution is -2.49. The topological polar surface area (TPSA) is 75.9 Å². The number of benzene rings is 1. The molecule has 7 heteroatoms. The first kappa shape index (κ1) is 15.5. The molecular weight excluding hydrogens is 292 g/mol. The summed E-state index contributed by atoms with van der Waals surface area (Å²) in [7, 11) is 0. The van der Waals surface area contributed by atoms with Gasteiger partial charge in [-0.2, -0.15) is 0 Å². The molecule has 2 unspecified atom stereocenters. The second-order valence-electron chi connectivity index (χ2n) is 6.08. The Morgan fingerprint density at radius 1 is 1.22 bits per heavy atom. The SMILES string of the molecule is CC1CCCC(C)N1C(=O)CNc1ccc(-n2cnnn2)cc1. The molecule has 3 rings (SSSR count). The van der Waals surface area contributed by atoms with Crippen LogP contribution in [0.15, 0.2) is 30.6 Å². The van der Waals surface area contributed by atoms with Crippen molar-refractivity contribution in [3.63, 3.8) is 0 Å². The monoisotopic (exact) mass is 314 g/mol. The Kier molecular flexibility index (Phi) is 4.55. The number of amides is 1. The largest absolute Gasteiger partial charge is 0.376 e. The van der Waals surface area contributed by atoms with Crippen LogP contribution in [0, 0.1) is 0 Å². The van der Waals surface area contributed by atoms with E-state index in [-0.39, 0.29) is 5.91 Å². The first-order chi connectivity index (χ1) is 11.1. The number of aromatic nitrogens is 4. The summed E-state index contributed by atoms with van der Waals surface area (Å²) in [6.45, 7) is 4.59. The molecule has 0 bridgehead atoms. The summed E-state index contributed by atoms with van der Waals surface area (Å²) in [5.41, 5.74) is 1.79. The zero-order valence-electron chi connectivity index (χ0n) is 13.5. The number of hydrogen-bond donors (Lipinski definition) is 1. The highest BCUT2D eigenvalue weighted by molar-refractivity contribution is 5.81. The van der Waals surface area contributed by atoms with Gasteiger partial charge in [-0.25, -0.2) is 4.68 Å². The second-order valence-corrected chi connectivity index (χ2v) is 6.08.